The van der Waals surface area contributed by atoms with Gasteiger partial charge in [0.25, 0.3) is 0 Å². The highest BCUT2D eigenvalue weighted by Gasteiger charge is 2.19. The highest BCUT2D eigenvalue weighted by Crippen LogP contribution is 2.22. The van der Waals surface area contributed by atoms with Gasteiger partial charge in [-0.05, 0) is 25.5 Å². The van der Waals surface area contributed by atoms with Crippen LogP contribution in [0.1, 0.15) is 20.3 Å². The summed E-state index contributed by atoms with van der Waals surface area (Å²) in [5.74, 6) is 0.906. The monoisotopic (exact) mass is 264 g/mol. The summed E-state index contributed by atoms with van der Waals surface area (Å²) in [6.07, 6.45) is 1.20. The molecule has 0 saturated carbocycles. The van der Waals surface area contributed by atoms with Crippen LogP contribution < -0.4 is 10.1 Å². The average Bonchev–Trinajstić information content (AvgIpc) is 2.35. The van der Waals surface area contributed by atoms with Gasteiger partial charge in [-0.2, -0.15) is 0 Å². The molecule has 0 aromatic heterocycles. The summed E-state index contributed by atoms with van der Waals surface area (Å²) < 4.78 is 5.61. The Bertz CT molecular complexity index is 382. The normalized spacial score (nSPS) is 25.8. The Labute approximate surface area is 113 Å². The lowest BCUT2D eigenvalue weighted by Gasteiger charge is -2.26. The molecule has 0 bridgehead atoms. The molecule has 4 heteroatoms. The number of benzene rings is 1. The third kappa shape index (κ3) is 4.26. The zero-order chi connectivity index (χ0) is 12.8. The van der Waals surface area contributed by atoms with Crippen LogP contribution >= 0.6 is 11.8 Å². The highest BCUT2D eigenvalue weighted by molar-refractivity contribution is 8.14. The lowest BCUT2D eigenvalue weighted by atomic mass is 10.2. The molecule has 2 unspecified atom stereocenters. The molecular formula is C14H20N2OS. The van der Waals surface area contributed by atoms with Crippen molar-refractivity contribution in [2.75, 3.05) is 13.2 Å². The number of nitrogens with zero attached hydrogens (tertiary/aromatic N) is 1. The van der Waals surface area contributed by atoms with Crippen LogP contribution in [0.4, 0.5) is 0 Å². The highest BCUT2D eigenvalue weighted by atomic mass is 32.2. The van der Waals surface area contributed by atoms with E-state index in [0.717, 1.165) is 10.9 Å². The fourth-order valence-corrected chi connectivity index (χ4v) is 3.15. The standard InChI is InChI=1S/C14H20N2OS/c1-11-10-12(2)18-14(16-11)15-8-9-17-13-6-4-3-5-7-13/h3-7,11-12H,8-10H2,1-2H3,(H,15,16). The first-order chi connectivity index (χ1) is 8.74. The van der Waals surface area contributed by atoms with E-state index in [2.05, 4.69) is 24.2 Å². The number of hydrogen-bond donors (Lipinski definition) is 1. The summed E-state index contributed by atoms with van der Waals surface area (Å²) in [6, 6.07) is 10.4. The molecule has 1 aromatic rings. The van der Waals surface area contributed by atoms with Crippen molar-refractivity contribution in [3.05, 3.63) is 30.3 Å². The number of amidine groups is 1. The van der Waals surface area contributed by atoms with Gasteiger partial charge in [0.05, 0.1) is 6.54 Å². The Morgan fingerprint density at radius 1 is 1.33 bits per heavy atom. The third-order valence-electron chi connectivity index (χ3n) is 2.73. The van der Waals surface area contributed by atoms with Gasteiger partial charge in [-0.25, -0.2) is 0 Å². The van der Waals surface area contributed by atoms with Crippen molar-refractivity contribution in [3.8, 4) is 5.75 Å². The first-order valence-electron chi connectivity index (χ1n) is 6.39. The Balaban J connectivity index is 1.74. The Morgan fingerprint density at radius 2 is 2.11 bits per heavy atom. The van der Waals surface area contributed by atoms with E-state index in [-0.39, 0.29) is 0 Å². The molecule has 3 nitrogen and oxygen atoms in total. The van der Waals surface area contributed by atoms with Crippen LogP contribution in [-0.2, 0) is 0 Å². The van der Waals surface area contributed by atoms with Gasteiger partial charge in [0.2, 0.25) is 0 Å². The summed E-state index contributed by atoms with van der Waals surface area (Å²) in [4.78, 5) is 4.54. The maximum Gasteiger partial charge on any atom is 0.157 e. The zero-order valence-electron chi connectivity index (χ0n) is 10.9. The first-order valence-corrected chi connectivity index (χ1v) is 7.27. The number of thioether (sulfide) groups is 1. The molecule has 0 aliphatic carbocycles. The number of ether oxygens (including phenoxy) is 1. The second-order valence-electron chi connectivity index (χ2n) is 4.56. The molecule has 1 saturated heterocycles. The van der Waals surface area contributed by atoms with Crippen molar-refractivity contribution >= 4 is 16.9 Å². The van der Waals surface area contributed by atoms with E-state index in [0.29, 0.717) is 24.4 Å². The predicted molar refractivity (Wildman–Crippen MR) is 78.5 cm³/mol. The number of hydrogen-bond acceptors (Lipinski definition) is 3. The van der Waals surface area contributed by atoms with Crippen LogP contribution in [0.15, 0.2) is 35.3 Å². The van der Waals surface area contributed by atoms with E-state index in [1.54, 1.807) is 0 Å². The minimum atomic E-state index is 0.523. The molecule has 1 aromatic carbocycles. The van der Waals surface area contributed by atoms with Gasteiger partial charge in [0, 0.05) is 11.3 Å². The molecule has 1 aliphatic heterocycles. The van der Waals surface area contributed by atoms with E-state index in [4.69, 9.17) is 4.74 Å². The quantitative estimate of drug-likeness (QED) is 0.849. The molecule has 1 heterocycles. The van der Waals surface area contributed by atoms with Crippen LogP contribution in [0, 0.1) is 0 Å². The maximum absolute atomic E-state index is 5.61. The molecular weight excluding hydrogens is 244 g/mol. The molecule has 0 spiro atoms. The van der Waals surface area contributed by atoms with E-state index in [1.807, 2.05) is 42.1 Å². The minimum absolute atomic E-state index is 0.523. The maximum atomic E-state index is 5.61. The summed E-state index contributed by atoms with van der Waals surface area (Å²) in [5.41, 5.74) is 0. The van der Waals surface area contributed by atoms with Crippen molar-refractivity contribution in [1.29, 1.82) is 0 Å². The van der Waals surface area contributed by atoms with Crippen molar-refractivity contribution < 1.29 is 4.74 Å². The average molecular weight is 264 g/mol. The van der Waals surface area contributed by atoms with E-state index >= 15 is 0 Å². The lowest BCUT2D eigenvalue weighted by Crippen LogP contribution is -2.38. The van der Waals surface area contributed by atoms with Crippen LogP contribution in [-0.4, -0.2) is 29.6 Å². The van der Waals surface area contributed by atoms with Gasteiger partial charge >= 0.3 is 0 Å². The Kier molecular flexibility index (Phi) is 4.93. The van der Waals surface area contributed by atoms with Crippen LogP contribution in [0.3, 0.4) is 0 Å². The number of nitrogens with one attached hydrogen (secondary N) is 1. The largest absolute Gasteiger partial charge is 0.492 e. The van der Waals surface area contributed by atoms with Gasteiger partial charge in [0.15, 0.2) is 5.17 Å². The van der Waals surface area contributed by atoms with E-state index < -0.39 is 0 Å². The van der Waals surface area contributed by atoms with Gasteiger partial charge in [-0.15, -0.1) is 0 Å². The van der Waals surface area contributed by atoms with Gasteiger partial charge in [0.1, 0.15) is 12.4 Å². The van der Waals surface area contributed by atoms with Crippen LogP contribution in [0.2, 0.25) is 0 Å². The fourth-order valence-electron chi connectivity index (χ4n) is 1.95. The van der Waals surface area contributed by atoms with Crippen molar-refractivity contribution in [3.63, 3.8) is 0 Å². The smallest absolute Gasteiger partial charge is 0.157 e. The number of para-hydroxylation sites is 1. The molecule has 0 amide bonds. The minimum Gasteiger partial charge on any atom is -0.492 e. The van der Waals surface area contributed by atoms with Crippen LogP contribution in [0.25, 0.3) is 0 Å². The molecule has 0 radical (unpaired) electrons. The Morgan fingerprint density at radius 3 is 2.83 bits per heavy atom. The summed E-state index contributed by atoms with van der Waals surface area (Å²) in [5, 5.41) is 5.10. The molecule has 18 heavy (non-hydrogen) atoms. The molecule has 98 valence electrons. The topological polar surface area (TPSA) is 33.6 Å². The molecule has 2 atom stereocenters. The van der Waals surface area contributed by atoms with Crippen molar-refractivity contribution in [2.45, 2.75) is 31.6 Å². The second kappa shape index (κ2) is 6.69. The molecule has 2 rings (SSSR count). The number of rotatable bonds is 4. The van der Waals surface area contributed by atoms with Gasteiger partial charge < -0.3 is 10.1 Å². The zero-order valence-corrected chi connectivity index (χ0v) is 11.7. The van der Waals surface area contributed by atoms with Gasteiger partial charge in [-0.1, -0.05) is 36.9 Å². The third-order valence-corrected chi connectivity index (χ3v) is 3.79. The summed E-state index contributed by atoms with van der Waals surface area (Å²) in [7, 11) is 0. The molecule has 1 fully saturated rings. The van der Waals surface area contributed by atoms with E-state index in [9.17, 15) is 0 Å². The van der Waals surface area contributed by atoms with E-state index in [1.165, 1.54) is 6.42 Å². The molecule has 1 aliphatic rings. The number of aliphatic imine (C=N–C) groups is 1. The van der Waals surface area contributed by atoms with Crippen molar-refractivity contribution in [1.82, 2.24) is 5.32 Å². The molecule has 1 N–H and O–H groups in total. The summed E-state index contributed by atoms with van der Waals surface area (Å²) >= 11 is 1.82. The summed E-state index contributed by atoms with van der Waals surface area (Å²) in [6.45, 7) is 5.77. The SMILES string of the molecule is CC1CC(C)SC(=NCCOc2ccccc2)N1. The second-order valence-corrected chi connectivity index (χ2v) is 5.99. The van der Waals surface area contributed by atoms with Gasteiger partial charge in [-0.3, -0.25) is 4.99 Å². The fraction of sp³-hybridized carbons (Fsp3) is 0.500. The lowest BCUT2D eigenvalue weighted by molar-refractivity contribution is 0.328. The van der Waals surface area contributed by atoms with Crippen molar-refractivity contribution in [2.24, 2.45) is 4.99 Å². The predicted octanol–water partition coefficient (Wildman–Crippen LogP) is 2.92. The van der Waals surface area contributed by atoms with Crippen LogP contribution in [0.5, 0.6) is 5.75 Å². The first kappa shape index (κ1) is 13.3. The Hall–Kier alpha value is -1.16.